The van der Waals surface area contributed by atoms with Crippen molar-refractivity contribution in [2.45, 2.75) is 13.8 Å². The van der Waals surface area contributed by atoms with E-state index in [2.05, 4.69) is 15.3 Å². The molecule has 1 amide bonds. The van der Waals surface area contributed by atoms with Gasteiger partial charge >= 0.3 is 0 Å². The molecule has 0 radical (unpaired) electrons. The molecular weight excluding hydrogens is 206 g/mol. The van der Waals surface area contributed by atoms with Crippen molar-refractivity contribution < 1.29 is 9.53 Å². The van der Waals surface area contributed by atoms with Crippen LogP contribution in [0.2, 0.25) is 5.02 Å². The fraction of sp³-hybridized carbons (Fsp3) is 0.375. The number of anilines is 1. The highest BCUT2D eigenvalue weighted by Crippen LogP contribution is 2.25. The second-order valence-electron chi connectivity index (χ2n) is 2.64. The maximum Gasteiger partial charge on any atom is 0.237 e. The smallest absolute Gasteiger partial charge is 0.237 e. The first-order valence-corrected chi connectivity index (χ1v) is 4.28. The predicted molar refractivity (Wildman–Crippen MR) is 52.6 cm³/mol. The lowest BCUT2D eigenvalue weighted by Crippen LogP contribution is -2.10. The lowest BCUT2D eigenvalue weighted by atomic mass is 10.4. The van der Waals surface area contributed by atoms with Crippen molar-refractivity contribution in [1.82, 2.24) is 9.97 Å². The number of amides is 1. The number of carbonyl (C=O) groups excluding carboxylic acids is 1. The fourth-order valence-electron chi connectivity index (χ4n) is 0.882. The van der Waals surface area contributed by atoms with Crippen LogP contribution in [0.4, 0.5) is 5.95 Å². The standard InChI is InChI=1S/C8H10ClN3O2/c1-4-6(9)7(14-3)12-8(10-4)11-5(2)13/h1-3H3,(H,10,11,12,13). The number of hydrogen-bond donors (Lipinski definition) is 1. The highest BCUT2D eigenvalue weighted by molar-refractivity contribution is 6.32. The van der Waals surface area contributed by atoms with Crippen molar-refractivity contribution in [3.8, 4) is 5.88 Å². The molecule has 5 nitrogen and oxygen atoms in total. The Hall–Kier alpha value is -1.36. The minimum Gasteiger partial charge on any atom is -0.480 e. The first kappa shape index (κ1) is 10.7. The van der Waals surface area contributed by atoms with Crippen LogP contribution in [0.3, 0.4) is 0 Å². The topological polar surface area (TPSA) is 64.1 Å². The lowest BCUT2D eigenvalue weighted by Gasteiger charge is -2.06. The van der Waals surface area contributed by atoms with Crippen molar-refractivity contribution in [2.75, 3.05) is 12.4 Å². The van der Waals surface area contributed by atoms with Crippen LogP contribution in [0.15, 0.2) is 0 Å². The van der Waals surface area contributed by atoms with Gasteiger partial charge in [0.25, 0.3) is 0 Å². The molecular formula is C8H10ClN3O2. The molecule has 0 bridgehead atoms. The number of aryl methyl sites for hydroxylation is 1. The zero-order valence-electron chi connectivity index (χ0n) is 8.09. The first-order chi connectivity index (χ1) is 6.54. The number of nitrogens with one attached hydrogen (secondary N) is 1. The predicted octanol–water partition coefficient (Wildman–Crippen LogP) is 1.41. The number of methoxy groups -OCH3 is 1. The van der Waals surface area contributed by atoms with Crippen LogP contribution in [0, 0.1) is 6.92 Å². The van der Waals surface area contributed by atoms with E-state index >= 15 is 0 Å². The second kappa shape index (κ2) is 4.23. The van der Waals surface area contributed by atoms with E-state index in [1.54, 1.807) is 6.92 Å². The number of ether oxygens (including phenoxy) is 1. The SMILES string of the molecule is COc1nc(NC(C)=O)nc(C)c1Cl. The summed E-state index contributed by atoms with van der Waals surface area (Å²) >= 11 is 5.84. The quantitative estimate of drug-likeness (QED) is 0.810. The van der Waals surface area contributed by atoms with Crippen LogP contribution < -0.4 is 10.1 Å². The summed E-state index contributed by atoms with van der Waals surface area (Å²) in [5.41, 5.74) is 0.558. The third-order valence-corrected chi connectivity index (χ3v) is 1.90. The Bertz CT molecular complexity index is 368. The first-order valence-electron chi connectivity index (χ1n) is 3.90. The normalized spacial score (nSPS) is 9.71. The summed E-state index contributed by atoms with van der Waals surface area (Å²) in [5, 5.41) is 2.80. The Morgan fingerprint density at radius 1 is 1.50 bits per heavy atom. The van der Waals surface area contributed by atoms with Gasteiger partial charge in [0.2, 0.25) is 17.7 Å². The number of rotatable bonds is 2. The molecule has 1 aromatic heterocycles. The minimum atomic E-state index is -0.242. The zero-order chi connectivity index (χ0) is 10.7. The van der Waals surface area contributed by atoms with Crippen LogP contribution in [0.25, 0.3) is 0 Å². The Kier molecular flexibility index (Phi) is 3.24. The maximum atomic E-state index is 10.7. The summed E-state index contributed by atoms with van der Waals surface area (Å²) in [7, 11) is 1.45. The number of halogens is 1. The molecule has 0 unspecified atom stereocenters. The summed E-state index contributed by atoms with van der Waals surface area (Å²) in [6.45, 7) is 3.08. The summed E-state index contributed by atoms with van der Waals surface area (Å²) < 4.78 is 4.91. The van der Waals surface area contributed by atoms with E-state index in [0.717, 1.165) is 0 Å². The van der Waals surface area contributed by atoms with Crippen LogP contribution >= 0.6 is 11.6 Å². The van der Waals surface area contributed by atoms with Gasteiger partial charge in [0.05, 0.1) is 12.8 Å². The van der Waals surface area contributed by atoms with E-state index in [0.29, 0.717) is 10.7 Å². The van der Waals surface area contributed by atoms with Gasteiger partial charge in [-0.05, 0) is 6.92 Å². The average molecular weight is 216 g/mol. The molecule has 0 atom stereocenters. The lowest BCUT2D eigenvalue weighted by molar-refractivity contribution is -0.114. The minimum absolute atomic E-state index is 0.191. The third-order valence-electron chi connectivity index (χ3n) is 1.47. The molecule has 0 saturated heterocycles. The molecule has 6 heteroatoms. The molecule has 0 aliphatic heterocycles. The van der Waals surface area contributed by atoms with E-state index in [1.165, 1.54) is 14.0 Å². The van der Waals surface area contributed by atoms with E-state index in [4.69, 9.17) is 16.3 Å². The van der Waals surface area contributed by atoms with Crippen LogP contribution in [-0.4, -0.2) is 23.0 Å². The Morgan fingerprint density at radius 3 is 2.64 bits per heavy atom. The number of carbonyl (C=O) groups is 1. The van der Waals surface area contributed by atoms with Crippen molar-refractivity contribution in [1.29, 1.82) is 0 Å². The Morgan fingerprint density at radius 2 is 2.14 bits per heavy atom. The van der Waals surface area contributed by atoms with E-state index in [9.17, 15) is 4.79 Å². The van der Waals surface area contributed by atoms with Gasteiger partial charge < -0.3 is 4.74 Å². The Balaban J connectivity index is 3.09. The summed E-state index contributed by atoms with van der Waals surface area (Å²) in [6, 6.07) is 0. The molecule has 1 aromatic rings. The molecule has 1 rings (SSSR count). The number of aromatic nitrogens is 2. The largest absolute Gasteiger partial charge is 0.480 e. The van der Waals surface area contributed by atoms with Gasteiger partial charge in [-0.2, -0.15) is 4.98 Å². The van der Waals surface area contributed by atoms with Crippen LogP contribution in [0.1, 0.15) is 12.6 Å². The number of nitrogens with zero attached hydrogens (tertiary/aromatic N) is 2. The molecule has 0 aliphatic carbocycles. The van der Waals surface area contributed by atoms with E-state index in [-0.39, 0.29) is 17.7 Å². The number of hydrogen-bond acceptors (Lipinski definition) is 4. The molecule has 76 valence electrons. The van der Waals surface area contributed by atoms with Crippen molar-refractivity contribution in [3.63, 3.8) is 0 Å². The summed E-state index contributed by atoms with van der Waals surface area (Å²) in [4.78, 5) is 18.6. The molecule has 0 fully saturated rings. The molecule has 0 spiro atoms. The van der Waals surface area contributed by atoms with Crippen molar-refractivity contribution in [2.24, 2.45) is 0 Å². The molecule has 14 heavy (non-hydrogen) atoms. The molecule has 1 N–H and O–H groups in total. The summed E-state index contributed by atoms with van der Waals surface area (Å²) in [6.07, 6.45) is 0. The fourth-order valence-corrected chi connectivity index (χ4v) is 1.04. The van der Waals surface area contributed by atoms with Gasteiger partial charge in [-0.3, -0.25) is 10.1 Å². The van der Waals surface area contributed by atoms with Gasteiger partial charge in [-0.15, -0.1) is 0 Å². The van der Waals surface area contributed by atoms with Gasteiger partial charge in [0.15, 0.2) is 0 Å². The van der Waals surface area contributed by atoms with E-state index < -0.39 is 0 Å². The van der Waals surface area contributed by atoms with Crippen molar-refractivity contribution >= 4 is 23.5 Å². The summed E-state index contributed by atoms with van der Waals surface area (Å²) in [5.74, 6) is 0.202. The Labute approximate surface area is 86.5 Å². The molecule has 1 heterocycles. The van der Waals surface area contributed by atoms with Gasteiger partial charge in [0.1, 0.15) is 5.02 Å². The average Bonchev–Trinajstić information content (AvgIpc) is 2.10. The molecule has 0 saturated carbocycles. The monoisotopic (exact) mass is 215 g/mol. The zero-order valence-corrected chi connectivity index (χ0v) is 8.84. The highest BCUT2D eigenvalue weighted by atomic mass is 35.5. The van der Waals surface area contributed by atoms with Crippen LogP contribution in [-0.2, 0) is 4.79 Å². The highest BCUT2D eigenvalue weighted by Gasteiger charge is 2.10. The molecule has 0 aliphatic rings. The van der Waals surface area contributed by atoms with Gasteiger partial charge in [0, 0.05) is 6.92 Å². The van der Waals surface area contributed by atoms with Gasteiger partial charge in [-0.1, -0.05) is 11.6 Å². The van der Waals surface area contributed by atoms with Gasteiger partial charge in [-0.25, -0.2) is 4.98 Å². The maximum absolute atomic E-state index is 10.7. The van der Waals surface area contributed by atoms with Crippen molar-refractivity contribution in [3.05, 3.63) is 10.7 Å². The van der Waals surface area contributed by atoms with E-state index in [1.807, 2.05) is 0 Å². The van der Waals surface area contributed by atoms with Crippen LogP contribution in [0.5, 0.6) is 5.88 Å². The second-order valence-corrected chi connectivity index (χ2v) is 3.02. The third kappa shape index (κ3) is 2.32. The molecule has 0 aromatic carbocycles.